The van der Waals surface area contributed by atoms with Gasteiger partial charge in [-0.25, -0.2) is 0 Å². The maximum Gasteiger partial charge on any atom is 0.305 e. The van der Waals surface area contributed by atoms with Gasteiger partial charge in [-0.15, -0.1) is 0 Å². The minimum Gasteiger partial charge on any atom is -0.466 e. The van der Waals surface area contributed by atoms with E-state index in [0.717, 1.165) is 51.4 Å². The van der Waals surface area contributed by atoms with Crippen molar-refractivity contribution >= 4 is 11.9 Å². The predicted molar refractivity (Wildman–Crippen MR) is 320 cm³/mol. The highest BCUT2D eigenvalue weighted by Gasteiger charge is 2.20. The molecule has 0 aromatic carbocycles. The van der Waals surface area contributed by atoms with E-state index >= 15 is 0 Å². The first-order valence-corrected chi connectivity index (χ1v) is 33.1. The van der Waals surface area contributed by atoms with Crippen molar-refractivity contribution in [2.24, 2.45) is 0 Å². The van der Waals surface area contributed by atoms with Crippen molar-refractivity contribution in [2.45, 2.75) is 379 Å². The van der Waals surface area contributed by atoms with Gasteiger partial charge in [-0.1, -0.05) is 321 Å². The molecule has 432 valence electrons. The van der Waals surface area contributed by atoms with Gasteiger partial charge in [0, 0.05) is 12.8 Å². The van der Waals surface area contributed by atoms with Crippen LogP contribution in [-0.4, -0.2) is 47.4 Å². The lowest BCUT2D eigenvalue weighted by atomic mass is 10.0. The Morgan fingerprint density at radius 1 is 0.384 bits per heavy atom. The Morgan fingerprint density at radius 2 is 0.685 bits per heavy atom. The molecule has 0 aliphatic heterocycles. The van der Waals surface area contributed by atoms with Gasteiger partial charge in [-0.3, -0.25) is 9.59 Å². The molecule has 73 heavy (non-hydrogen) atoms. The monoisotopic (exact) mass is 1030 g/mol. The van der Waals surface area contributed by atoms with E-state index in [1.54, 1.807) is 0 Å². The fourth-order valence-corrected chi connectivity index (χ4v) is 10.4. The molecule has 0 radical (unpaired) electrons. The second-order valence-corrected chi connectivity index (χ2v) is 22.8. The van der Waals surface area contributed by atoms with Gasteiger partial charge in [0.1, 0.15) is 0 Å². The van der Waals surface area contributed by atoms with Crippen molar-refractivity contribution in [3.05, 3.63) is 24.3 Å². The largest absolute Gasteiger partial charge is 0.466 e. The summed E-state index contributed by atoms with van der Waals surface area (Å²) in [5.41, 5.74) is 0. The van der Waals surface area contributed by atoms with Gasteiger partial charge in [0.15, 0.2) is 0 Å². The molecule has 0 bridgehead atoms. The highest BCUT2D eigenvalue weighted by atomic mass is 16.5. The molecule has 0 saturated carbocycles. The molecule has 0 rings (SSSR count). The number of allylic oxidation sites excluding steroid dienone is 4. The van der Waals surface area contributed by atoms with Crippen LogP contribution in [0.3, 0.4) is 0 Å². The molecule has 6 heteroatoms. The number of nitrogens with one attached hydrogen (secondary N) is 1. The van der Waals surface area contributed by atoms with Gasteiger partial charge in [0.2, 0.25) is 5.91 Å². The van der Waals surface area contributed by atoms with Crippen molar-refractivity contribution in [3.63, 3.8) is 0 Å². The summed E-state index contributed by atoms with van der Waals surface area (Å²) >= 11 is 0. The summed E-state index contributed by atoms with van der Waals surface area (Å²) in [5.74, 6) is -0.0231. The van der Waals surface area contributed by atoms with Crippen molar-refractivity contribution in [1.29, 1.82) is 0 Å². The molecule has 0 heterocycles. The van der Waals surface area contributed by atoms with Gasteiger partial charge >= 0.3 is 5.97 Å². The number of aliphatic hydroxyl groups excluding tert-OH is 2. The Bertz CT molecular complexity index is 1140. The molecule has 1 amide bonds. The van der Waals surface area contributed by atoms with Gasteiger partial charge in [-0.2, -0.15) is 0 Å². The normalized spacial score (nSPS) is 12.7. The quantitative estimate of drug-likeness (QED) is 0.0320. The molecular weight excluding hydrogens is 899 g/mol. The summed E-state index contributed by atoms with van der Waals surface area (Å²) < 4.78 is 5.50. The summed E-state index contributed by atoms with van der Waals surface area (Å²) in [6, 6.07) is -0.540. The first-order chi connectivity index (χ1) is 36.0. The summed E-state index contributed by atoms with van der Waals surface area (Å²) in [6.07, 6.45) is 77.7. The number of carbonyl (C=O) groups excluding carboxylic acids is 2. The van der Waals surface area contributed by atoms with Crippen LogP contribution in [0.1, 0.15) is 367 Å². The molecule has 0 spiro atoms. The van der Waals surface area contributed by atoms with Crippen LogP contribution in [0.25, 0.3) is 0 Å². The van der Waals surface area contributed by atoms with E-state index in [1.165, 1.54) is 283 Å². The lowest BCUT2D eigenvalue weighted by Gasteiger charge is -2.22. The van der Waals surface area contributed by atoms with Crippen molar-refractivity contribution in [2.75, 3.05) is 13.2 Å². The first-order valence-electron chi connectivity index (χ1n) is 33.1. The Balaban J connectivity index is 3.35. The van der Waals surface area contributed by atoms with Crippen LogP contribution in [0.2, 0.25) is 0 Å². The third-order valence-electron chi connectivity index (χ3n) is 15.5. The van der Waals surface area contributed by atoms with Gasteiger partial charge in [0.25, 0.3) is 0 Å². The number of hydrogen-bond acceptors (Lipinski definition) is 5. The average molecular weight is 1030 g/mol. The number of esters is 1. The maximum absolute atomic E-state index is 12.5. The van der Waals surface area contributed by atoms with Crippen molar-refractivity contribution in [3.8, 4) is 0 Å². The second-order valence-electron chi connectivity index (χ2n) is 22.8. The van der Waals surface area contributed by atoms with E-state index in [1.807, 2.05) is 0 Å². The van der Waals surface area contributed by atoms with E-state index in [4.69, 9.17) is 4.74 Å². The fourth-order valence-electron chi connectivity index (χ4n) is 10.4. The van der Waals surface area contributed by atoms with E-state index in [9.17, 15) is 19.8 Å². The fraction of sp³-hybridized carbons (Fsp3) is 0.910. The molecule has 2 atom stereocenters. The highest BCUT2D eigenvalue weighted by Crippen LogP contribution is 2.18. The molecule has 0 aliphatic rings. The summed E-state index contributed by atoms with van der Waals surface area (Å²) in [7, 11) is 0. The zero-order valence-corrected chi connectivity index (χ0v) is 49.4. The first kappa shape index (κ1) is 71.3. The highest BCUT2D eigenvalue weighted by molar-refractivity contribution is 5.76. The second kappa shape index (κ2) is 62.9. The van der Waals surface area contributed by atoms with Crippen molar-refractivity contribution in [1.82, 2.24) is 5.32 Å². The lowest BCUT2D eigenvalue weighted by Crippen LogP contribution is -2.45. The van der Waals surface area contributed by atoms with Crippen LogP contribution >= 0.6 is 0 Å². The number of amides is 1. The number of hydrogen-bond donors (Lipinski definition) is 3. The lowest BCUT2D eigenvalue weighted by molar-refractivity contribution is -0.143. The minimum atomic E-state index is -0.663. The number of unbranched alkanes of at least 4 members (excludes halogenated alkanes) is 47. The maximum atomic E-state index is 12.5. The summed E-state index contributed by atoms with van der Waals surface area (Å²) in [6.45, 7) is 4.96. The van der Waals surface area contributed by atoms with E-state index in [2.05, 4.69) is 43.5 Å². The van der Waals surface area contributed by atoms with E-state index in [-0.39, 0.29) is 18.5 Å². The van der Waals surface area contributed by atoms with E-state index in [0.29, 0.717) is 25.9 Å². The van der Waals surface area contributed by atoms with Gasteiger partial charge < -0.3 is 20.3 Å². The van der Waals surface area contributed by atoms with Gasteiger partial charge in [-0.05, 0) is 57.8 Å². The average Bonchev–Trinajstić information content (AvgIpc) is 3.39. The van der Waals surface area contributed by atoms with Crippen LogP contribution in [0.4, 0.5) is 0 Å². The van der Waals surface area contributed by atoms with Crippen LogP contribution in [0.5, 0.6) is 0 Å². The molecule has 0 fully saturated rings. The molecule has 0 saturated heterocycles. The summed E-state index contributed by atoms with van der Waals surface area (Å²) in [4.78, 5) is 24.6. The zero-order chi connectivity index (χ0) is 52.9. The third kappa shape index (κ3) is 59.4. The topological polar surface area (TPSA) is 95.9 Å². The SMILES string of the molecule is CCCCCC/C=C\C/C=C\CCCCCCCCCC(=O)OCCCCCCCCCCCCCCCCCCCCCCCCCCC(=O)NC(CO)C(O)CCCCCCCCCCCCCCCC. The number of aliphatic hydroxyl groups is 2. The van der Waals surface area contributed by atoms with Crippen LogP contribution < -0.4 is 5.32 Å². The Morgan fingerprint density at radius 3 is 1.05 bits per heavy atom. The molecule has 0 aromatic heterocycles. The number of carbonyl (C=O) groups is 2. The smallest absolute Gasteiger partial charge is 0.305 e. The standard InChI is InChI=1S/C67H129NO5/c1-3-5-7-9-11-13-15-17-19-20-30-33-37-41-45-49-53-57-61-67(72)73-62-58-54-50-46-42-38-34-31-28-26-24-22-21-23-25-27-29-32-36-40-44-48-52-56-60-66(71)68-64(63-69)65(70)59-55-51-47-43-39-35-18-16-14-12-10-8-6-4-2/h13,15,19-20,64-65,69-70H,3-12,14,16-18,21-63H2,1-2H3,(H,68,71)/b15-13-,20-19-. The molecule has 0 aliphatic carbocycles. The third-order valence-corrected chi connectivity index (χ3v) is 15.5. The molecule has 2 unspecified atom stereocenters. The van der Waals surface area contributed by atoms with Crippen LogP contribution in [0.15, 0.2) is 24.3 Å². The zero-order valence-electron chi connectivity index (χ0n) is 49.4. The van der Waals surface area contributed by atoms with Crippen LogP contribution in [0, 0.1) is 0 Å². The van der Waals surface area contributed by atoms with Crippen molar-refractivity contribution < 1.29 is 24.5 Å². The van der Waals surface area contributed by atoms with Gasteiger partial charge in [0.05, 0.1) is 25.4 Å². The number of rotatable bonds is 62. The Kier molecular flexibility index (Phi) is 61.4. The predicted octanol–water partition coefficient (Wildman–Crippen LogP) is 21.0. The molecule has 6 nitrogen and oxygen atoms in total. The Labute approximate surface area is 456 Å². The molecular formula is C67H129NO5. The summed E-state index contributed by atoms with van der Waals surface area (Å²) in [5, 5.41) is 23.3. The molecule has 3 N–H and O–H groups in total. The van der Waals surface area contributed by atoms with Crippen LogP contribution in [-0.2, 0) is 14.3 Å². The number of ether oxygens (including phenoxy) is 1. The minimum absolute atomic E-state index is 0.00870. The Hall–Kier alpha value is -1.66. The molecule has 0 aromatic rings. The van der Waals surface area contributed by atoms with E-state index < -0.39 is 12.1 Å².